The molecule has 0 fully saturated rings. The maximum atomic E-state index is 13.0. The van der Waals surface area contributed by atoms with Crippen LogP contribution < -0.4 is 10.9 Å². The predicted octanol–water partition coefficient (Wildman–Crippen LogP) is 4.21. The average Bonchev–Trinajstić information content (AvgIpc) is 2.67. The molecule has 1 N–H and O–H groups in total. The number of amides is 1. The minimum Gasteiger partial charge on any atom is -0.325 e. The molecule has 2 aromatic carbocycles. The zero-order chi connectivity index (χ0) is 20.3. The van der Waals surface area contributed by atoms with Crippen LogP contribution in [0.5, 0.6) is 0 Å². The second kappa shape index (κ2) is 8.35. The number of anilines is 1. The summed E-state index contributed by atoms with van der Waals surface area (Å²) in [6, 6.07) is 12.3. The third kappa shape index (κ3) is 4.28. The molecule has 144 valence electrons. The number of halogens is 2. The van der Waals surface area contributed by atoms with Crippen molar-refractivity contribution in [3.63, 3.8) is 0 Å². The fourth-order valence-electron chi connectivity index (χ4n) is 2.95. The van der Waals surface area contributed by atoms with E-state index in [0.29, 0.717) is 39.8 Å². The van der Waals surface area contributed by atoms with Crippen LogP contribution >= 0.6 is 11.6 Å². The van der Waals surface area contributed by atoms with Crippen LogP contribution in [0.2, 0.25) is 5.02 Å². The second-order valence-electron chi connectivity index (χ2n) is 6.31. The molecule has 0 radical (unpaired) electrons. The summed E-state index contributed by atoms with van der Waals surface area (Å²) in [5, 5.41) is 3.23. The Hall–Kier alpha value is -2.99. The predicted molar refractivity (Wildman–Crippen MR) is 108 cm³/mol. The van der Waals surface area contributed by atoms with Crippen molar-refractivity contribution in [3.05, 3.63) is 81.0 Å². The minimum absolute atomic E-state index is 0.214. The Morgan fingerprint density at radius 2 is 1.79 bits per heavy atom. The molecular formula is C21H19ClFN3O2. The third-order valence-electron chi connectivity index (χ3n) is 4.35. The first kappa shape index (κ1) is 19.8. The Balaban J connectivity index is 2.00. The number of aryl methyl sites for hydroxylation is 1. The van der Waals surface area contributed by atoms with Crippen molar-refractivity contribution >= 4 is 23.2 Å². The van der Waals surface area contributed by atoms with Gasteiger partial charge in [0, 0.05) is 27.5 Å². The summed E-state index contributed by atoms with van der Waals surface area (Å²) in [6.45, 7) is 3.44. The van der Waals surface area contributed by atoms with Crippen molar-refractivity contribution in [3.8, 4) is 11.4 Å². The van der Waals surface area contributed by atoms with Crippen LogP contribution in [0.1, 0.15) is 18.2 Å². The van der Waals surface area contributed by atoms with E-state index in [1.54, 1.807) is 31.2 Å². The van der Waals surface area contributed by atoms with Crippen LogP contribution in [0, 0.1) is 12.7 Å². The molecule has 0 saturated carbocycles. The van der Waals surface area contributed by atoms with E-state index in [9.17, 15) is 14.0 Å². The van der Waals surface area contributed by atoms with Gasteiger partial charge >= 0.3 is 0 Å². The Bertz CT molecular complexity index is 1060. The van der Waals surface area contributed by atoms with Crippen molar-refractivity contribution in [1.29, 1.82) is 0 Å². The zero-order valence-corrected chi connectivity index (χ0v) is 16.3. The van der Waals surface area contributed by atoms with Gasteiger partial charge in [0.2, 0.25) is 5.91 Å². The monoisotopic (exact) mass is 399 g/mol. The van der Waals surface area contributed by atoms with Gasteiger partial charge in [0.15, 0.2) is 0 Å². The summed E-state index contributed by atoms with van der Waals surface area (Å²) in [7, 11) is 0. The van der Waals surface area contributed by atoms with Crippen LogP contribution in [-0.4, -0.2) is 15.5 Å². The smallest absolute Gasteiger partial charge is 0.257 e. The molecule has 0 saturated heterocycles. The summed E-state index contributed by atoms with van der Waals surface area (Å²) in [6.07, 6.45) is 0.512. The lowest BCUT2D eigenvalue weighted by molar-refractivity contribution is -0.116. The Labute approximate surface area is 166 Å². The van der Waals surface area contributed by atoms with E-state index in [0.717, 1.165) is 0 Å². The van der Waals surface area contributed by atoms with E-state index >= 15 is 0 Å². The maximum Gasteiger partial charge on any atom is 0.257 e. The highest BCUT2D eigenvalue weighted by molar-refractivity contribution is 6.30. The van der Waals surface area contributed by atoms with Crippen LogP contribution in [0.4, 0.5) is 10.1 Å². The molecule has 1 aromatic heterocycles. The SMILES string of the molecule is CCc1c(C)nc(-c2ccc(Cl)cc2)n(CC(=O)Nc2ccc(F)cc2)c1=O. The maximum absolute atomic E-state index is 13.0. The van der Waals surface area contributed by atoms with Gasteiger partial charge in [-0.15, -0.1) is 0 Å². The Morgan fingerprint density at radius 1 is 1.14 bits per heavy atom. The van der Waals surface area contributed by atoms with Gasteiger partial charge < -0.3 is 5.32 Å². The van der Waals surface area contributed by atoms with Crippen LogP contribution in [0.3, 0.4) is 0 Å². The van der Waals surface area contributed by atoms with Gasteiger partial charge in [0.1, 0.15) is 18.2 Å². The molecule has 0 unspecified atom stereocenters. The van der Waals surface area contributed by atoms with Crippen molar-refractivity contribution in [1.82, 2.24) is 9.55 Å². The molecule has 7 heteroatoms. The number of nitrogens with one attached hydrogen (secondary N) is 1. The van der Waals surface area contributed by atoms with Crippen molar-refractivity contribution in [2.24, 2.45) is 0 Å². The highest BCUT2D eigenvalue weighted by Crippen LogP contribution is 2.20. The molecule has 0 aliphatic carbocycles. The van der Waals surface area contributed by atoms with Gasteiger partial charge in [-0.2, -0.15) is 0 Å². The van der Waals surface area contributed by atoms with Gasteiger partial charge in [-0.05, 0) is 61.9 Å². The molecule has 0 atom stereocenters. The number of carbonyl (C=O) groups is 1. The first-order valence-corrected chi connectivity index (χ1v) is 9.18. The Kier molecular flexibility index (Phi) is 5.90. The van der Waals surface area contributed by atoms with E-state index in [4.69, 9.17) is 11.6 Å². The highest BCUT2D eigenvalue weighted by atomic mass is 35.5. The number of carbonyl (C=O) groups excluding carboxylic acids is 1. The molecule has 5 nitrogen and oxygen atoms in total. The summed E-state index contributed by atoms with van der Waals surface area (Å²) in [5.74, 6) is -0.406. The summed E-state index contributed by atoms with van der Waals surface area (Å²) in [4.78, 5) is 30.1. The lowest BCUT2D eigenvalue weighted by Gasteiger charge is -2.15. The number of hydrogen-bond acceptors (Lipinski definition) is 3. The number of nitrogens with zero attached hydrogens (tertiary/aromatic N) is 2. The van der Waals surface area contributed by atoms with Gasteiger partial charge in [0.05, 0.1) is 0 Å². The first-order chi connectivity index (χ1) is 13.4. The van der Waals surface area contributed by atoms with E-state index in [1.807, 2.05) is 6.92 Å². The van der Waals surface area contributed by atoms with Crippen LogP contribution in [0.25, 0.3) is 11.4 Å². The first-order valence-electron chi connectivity index (χ1n) is 8.80. The van der Waals surface area contributed by atoms with Gasteiger partial charge in [-0.1, -0.05) is 18.5 Å². The molecule has 0 aliphatic heterocycles. The summed E-state index contributed by atoms with van der Waals surface area (Å²) in [5.41, 5.74) is 2.07. The topological polar surface area (TPSA) is 64.0 Å². The molecule has 1 amide bonds. The molecule has 0 aliphatic rings. The molecule has 3 rings (SSSR count). The summed E-state index contributed by atoms with van der Waals surface area (Å²) >= 11 is 5.96. The number of rotatable bonds is 5. The Morgan fingerprint density at radius 3 is 2.39 bits per heavy atom. The normalized spacial score (nSPS) is 10.7. The van der Waals surface area contributed by atoms with Crippen LogP contribution in [0.15, 0.2) is 53.3 Å². The lowest BCUT2D eigenvalue weighted by Crippen LogP contribution is -2.32. The molecule has 0 spiro atoms. The zero-order valence-electron chi connectivity index (χ0n) is 15.5. The average molecular weight is 400 g/mol. The molecular weight excluding hydrogens is 381 g/mol. The molecule has 28 heavy (non-hydrogen) atoms. The van der Waals surface area contributed by atoms with Gasteiger partial charge in [-0.25, -0.2) is 9.37 Å². The second-order valence-corrected chi connectivity index (χ2v) is 6.74. The fourth-order valence-corrected chi connectivity index (χ4v) is 3.08. The highest BCUT2D eigenvalue weighted by Gasteiger charge is 2.17. The molecule has 1 heterocycles. The van der Waals surface area contributed by atoms with Gasteiger partial charge in [0.25, 0.3) is 5.56 Å². The van der Waals surface area contributed by atoms with Crippen molar-refractivity contribution in [2.45, 2.75) is 26.8 Å². The van der Waals surface area contributed by atoms with E-state index in [-0.39, 0.29) is 12.1 Å². The molecule has 3 aromatic rings. The quantitative estimate of drug-likeness (QED) is 0.698. The lowest BCUT2D eigenvalue weighted by atomic mass is 10.1. The van der Waals surface area contributed by atoms with Crippen molar-refractivity contribution in [2.75, 3.05) is 5.32 Å². The number of aromatic nitrogens is 2. The third-order valence-corrected chi connectivity index (χ3v) is 4.61. The number of hydrogen-bond donors (Lipinski definition) is 1. The van der Waals surface area contributed by atoms with Crippen LogP contribution in [-0.2, 0) is 17.8 Å². The molecule has 0 bridgehead atoms. The fraction of sp³-hybridized carbons (Fsp3) is 0.190. The standard InChI is InChI=1S/C21H19ClFN3O2/c1-3-18-13(2)24-20(14-4-6-15(22)7-5-14)26(21(18)28)12-19(27)25-17-10-8-16(23)9-11-17/h4-11H,3,12H2,1-2H3,(H,25,27). The van der Waals surface area contributed by atoms with E-state index in [2.05, 4.69) is 10.3 Å². The largest absolute Gasteiger partial charge is 0.325 e. The van der Waals surface area contributed by atoms with E-state index < -0.39 is 11.7 Å². The summed E-state index contributed by atoms with van der Waals surface area (Å²) < 4.78 is 14.4. The number of benzene rings is 2. The van der Waals surface area contributed by atoms with E-state index in [1.165, 1.54) is 28.8 Å². The minimum atomic E-state index is -0.406. The van der Waals surface area contributed by atoms with Gasteiger partial charge in [-0.3, -0.25) is 14.2 Å². The van der Waals surface area contributed by atoms with Crippen molar-refractivity contribution < 1.29 is 9.18 Å².